The molecule has 150 valence electrons. The number of rotatable bonds is 6. The van der Waals surface area contributed by atoms with E-state index in [0.717, 1.165) is 16.8 Å². The number of hydrogen-bond acceptors (Lipinski definition) is 5. The number of anilines is 1. The molecule has 3 aromatic carbocycles. The molecule has 7 nitrogen and oxygen atoms in total. The second kappa shape index (κ2) is 8.16. The van der Waals surface area contributed by atoms with E-state index in [4.69, 9.17) is 4.74 Å². The van der Waals surface area contributed by atoms with Crippen LogP contribution in [0.25, 0.3) is 11.0 Å². The quantitative estimate of drug-likeness (QED) is 0.496. The number of Topliss-reactive ketones (excluding diaryl/α,β-unsaturated/α-hetero) is 1. The predicted octanol–water partition coefficient (Wildman–Crippen LogP) is 3.94. The molecule has 1 heterocycles. The van der Waals surface area contributed by atoms with Crippen molar-refractivity contribution in [3.8, 4) is 5.75 Å². The number of fused-ring (bicyclic) bond motifs is 1. The fraction of sp³-hybridized carbons (Fsp3) is 0.130. The minimum atomic E-state index is -0.276. The van der Waals surface area contributed by atoms with Crippen molar-refractivity contribution in [1.82, 2.24) is 15.0 Å². The van der Waals surface area contributed by atoms with Gasteiger partial charge >= 0.3 is 0 Å². The molecule has 4 rings (SSSR count). The van der Waals surface area contributed by atoms with Crippen molar-refractivity contribution >= 4 is 28.4 Å². The standard InChI is InChI=1S/C23H20N4O3/c1-15(28)17-4-3-5-19(12-17)24-23(29)18-8-11-22-21(13-18)25-26-27(22)14-16-6-9-20(30-2)10-7-16/h3-13H,14H2,1-2H3,(H,24,29). The maximum Gasteiger partial charge on any atom is 0.255 e. The lowest BCUT2D eigenvalue weighted by atomic mass is 10.1. The van der Waals surface area contributed by atoms with Crippen molar-refractivity contribution in [3.05, 3.63) is 83.4 Å². The minimum absolute atomic E-state index is 0.0546. The summed E-state index contributed by atoms with van der Waals surface area (Å²) in [4.78, 5) is 24.2. The second-order valence-corrected chi connectivity index (χ2v) is 6.89. The van der Waals surface area contributed by atoms with Gasteiger partial charge in [-0.1, -0.05) is 29.5 Å². The van der Waals surface area contributed by atoms with Crippen LogP contribution in [0.4, 0.5) is 5.69 Å². The lowest BCUT2D eigenvalue weighted by molar-refractivity contribution is 0.101. The third-order valence-electron chi connectivity index (χ3n) is 4.79. The summed E-state index contributed by atoms with van der Waals surface area (Å²) in [5, 5.41) is 11.2. The zero-order chi connectivity index (χ0) is 21.1. The molecule has 0 saturated carbocycles. The Labute approximate surface area is 173 Å². The van der Waals surface area contributed by atoms with Gasteiger partial charge in [0.15, 0.2) is 5.78 Å². The van der Waals surface area contributed by atoms with Crippen LogP contribution >= 0.6 is 0 Å². The molecule has 0 atom stereocenters. The van der Waals surface area contributed by atoms with Gasteiger partial charge in [-0.3, -0.25) is 9.59 Å². The van der Waals surface area contributed by atoms with Crippen molar-refractivity contribution in [2.45, 2.75) is 13.5 Å². The molecule has 4 aromatic rings. The van der Waals surface area contributed by atoms with E-state index in [-0.39, 0.29) is 11.7 Å². The largest absolute Gasteiger partial charge is 0.497 e. The van der Waals surface area contributed by atoms with Crippen LogP contribution in [0.2, 0.25) is 0 Å². The Hall–Kier alpha value is -4.00. The van der Waals surface area contributed by atoms with E-state index >= 15 is 0 Å². The molecule has 0 fully saturated rings. The smallest absolute Gasteiger partial charge is 0.255 e. The Kier molecular flexibility index (Phi) is 5.26. The highest BCUT2D eigenvalue weighted by Crippen LogP contribution is 2.18. The maximum atomic E-state index is 12.6. The van der Waals surface area contributed by atoms with Gasteiger partial charge in [0.2, 0.25) is 0 Å². The number of carbonyl (C=O) groups excluding carboxylic acids is 2. The first-order valence-corrected chi connectivity index (χ1v) is 9.42. The van der Waals surface area contributed by atoms with E-state index in [1.165, 1.54) is 6.92 Å². The Balaban J connectivity index is 1.53. The lowest BCUT2D eigenvalue weighted by Gasteiger charge is -2.07. The van der Waals surface area contributed by atoms with E-state index in [9.17, 15) is 9.59 Å². The van der Waals surface area contributed by atoms with Crippen molar-refractivity contribution in [2.24, 2.45) is 0 Å². The molecule has 0 aliphatic rings. The van der Waals surface area contributed by atoms with Gasteiger partial charge in [-0.2, -0.15) is 0 Å². The number of nitrogens with zero attached hydrogens (tertiary/aromatic N) is 3. The predicted molar refractivity (Wildman–Crippen MR) is 114 cm³/mol. The van der Waals surface area contributed by atoms with Crippen molar-refractivity contribution in [1.29, 1.82) is 0 Å². The summed E-state index contributed by atoms with van der Waals surface area (Å²) in [5.41, 5.74) is 4.11. The van der Waals surface area contributed by atoms with Crippen LogP contribution in [-0.4, -0.2) is 33.8 Å². The average Bonchev–Trinajstić information content (AvgIpc) is 3.16. The van der Waals surface area contributed by atoms with Gasteiger partial charge in [0.05, 0.1) is 19.2 Å². The molecular formula is C23H20N4O3. The van der Waals surface area contributed by atoms with Crippen LogP contribution in [0.15, 0.2) is 66.7 Å². The number of methoxy groups -OCH3 is 1. The Morgan fingerprint density at radius 1 is 1.00 bits per heavy atom. The molecule has 30 heavy (non-hydrogen) atoms. The highest BCUT2D eigenvalue weighted by atomic mass is 16.5. The van der Waals surface area contributed by atoms with Crippen molar-refractivity contribution in [3.63, 3.8) is 0 Å². The van der Waals surface area contributed by atoms with Crippen LogP contribution in [0.5, 0.6) is 5.75 Å². The van der Waals surface area contributed by atoms with Crippen molar-refractivity contribution < 1.29 is 14.3 Å². The fourth-order valence-corrected chi connectivity index (χ4v) is 3.15. The van der Waals surface area contributed by atoms with Gasteiger partial charge in [-0.05, 0) is 55.0 Å². The number of aromatic nitrogens is 3. The van der Waals surface area contributed by atoms with Crippen LogP contribution in [0.1, 0.15) is 33.2 Å². The summed E-state index contributed by atoms with van der Waals surface area (Å²) in [6.45, 7) is 2.05. The normalized spacial score (nSPS) is 10.7. The SMILES string of the molecule is COc1ccc(Cn2nnc3cc(C(=O)Nc4cccc(C(C)=O)c4)ccc32)cc1. The first kappa shape index (κ1) is 19.3. The summed E-state index contributed by atoms with van der Waals surface area (Å²) < 4.78 is 6.97. The minimum Gasteiger partial charge on any atom is -0.497 e. The summed E-state index contributed by atoms with van der Waals surface area (Å²) in [5.74, 6) is 0.468. The number of benzene rings is 3. The van der Waals surface area contributed by atoms with Crippen LogP contribution in [-0.2, 0) is 6.54 Å². The van der Waals surface area contributed by atoms with Crippen LogP contribution in [0.3, 0.4) is 0 Å². The second-order valence-electron chi connectivity index (χ2n) is 6.89. The molecular weight excluding hydrogens is 380 g/mol. The molecule has 1 N–H and O–H groups in total. The number of ketones is 1. The Morgan fingerprint density at radius 2 is 1.80 bits per heavy atom. The number of ether oxygens (including phenoxy) is 1. The topological polar surface area (TPSA) is 86.1 Å². The molecule has 1 aromatic heterocycles. The number of hydrogen-bond donors (Lipinski definition) is 1. The highest BCUT2D eigenvalue weighted by molar-refractivity contribution is 6.06. The van der Waals surface area contributed by atoms with Crippen molar-refractivity contribution in [2.75, 3.05) is 12.4 Å². The average molecular weight is 400 g/mol. The van der Waals surface area contributed by atoms with E-state index < -0.39 is 0 Å². The fourth-order valence-electron chi connectivity index (χ4n) is 3.15. The first-order valence-electron chi connectivity index (χ1n) is 9.42. The van der Waals surface area contributed by atoms with Gasteiger partial charge in [0.1, 0.15) is 11.3 Å². The summed E-state index contributed by atoms with van der Waals surface area (Å²) in [6.07, 6.45) is 0. The summed E-state index contributed by atoms with van der Waals surface area (Å²) >= 11 is 0. The third kappa shape index (κ3) is 4.05. The molecule has 0 aliphatic heterocycles. The Bertz CT molecular complexity index is 1230. The maximum absolute atomic E-state index is 12.6. The van der Waals surface area contributed by atoms with Gasteiger partial charge in [0.25, 0.3) is 5.91 Å². The molecule has 0 unspecified atom stereocenters. The van der Waals surface area contributed by atoms with Gasteiger partial charge in [-0.15, -0.1) is 5.10 Å². The molecule has 1 amide bonds. The highest BCUT2D eigenvalue weighted by Gasteiger charge is 2.12. The number of amides is 1. The van der Waals surface area contributed by atoms with Gasteiger partial charge in [0, 0.05) is 16.8 Å². The summed E-state index contributed by atoms with van der Waals surface area (Å²) in [6, 6.07) is 19.9. The van der Waals surface area contributed by atoms with Gasteiger partial charge in [-0.25, -0.2) is 4.68 Å². The van der Waals surface area contributed by atoms with E-state index in [2.05, 4.69) is 15.6 Å². The van der Waals surface area contributed by atoms with Crippen LogP contribution in [0, 0.1) is 0 Å². The zero-order valence-corrected chi connectivity index (χ0v) is 16.6. The molecule has 7 heteroatoms. The molecule has 0 aliphatic carbocycles. The monoisotopic (exact) mass is 400 g/mol. The third-order valence-corrected chi connectivity index (χ3v) is 4.79. The van der Waals surface area contributed by atoms with E-state index in [0.29, 0.717) is 28.9 Å². The first-order chi connectivity index (χ1) is 14.5. The lowest BCUT2D eigenvalue weighted by Crippen LogP contribution is -2.12. The molecule has 0 spiro atoms. The zero-order valence-electron chi connectivity index (χ0n) is 16.6. The van der Waals surface area contributed by atoms with Crippen LogP contribution < -0.4 is 10.1 Å². The summed E-state index contributed by atoms with van der Waals surface area (Å²) in [7, 11) is 1.63. The van der Waals surface area contributed by atoms with Gasteiger partial charge < -0.3 is 10.1 Å². The number of carbonyl (C=O) groups is 2. The van der Waals surface area contributed by atoms with E-state index in [1.807, 2.05) is 30.3 Å². The van der Waals surface area contributed by atoms with E-state index in [1.54, 1.807) is 48.2 Å². The number of nitrogens with one attached hydrogen (secondary N) is 1. The molecule has 0 saturated heterocycles. The molecule has 0 bridgehead atoms. The Morgan fingerprint density at radius 3 is 2.53 bits per heavy atom. The molecule has 0 radical (unpaired) electrons.